The molecule has 11 nitrogen and oxygen atoms in total. The first-order valence-corrected chi connectivity index (χ1v) is 14.4. The highest BCUT2D eigenvalue weighted by Crippen LogP contribution is 2.33. The first-order valence-electron chi connectivity index (χ1n) is 11.7. The number of aliphatic hydroxyl groups excluding tert-OH is 1. The Hall–Kier alpha value is -3.26. The first-order chi connectivity index (χ1) is 17.7. The standard InChI is InChI=1S/C24H29N5O6S2/c1-37(33,34)29-8-5-17(6-9-29)28-23(31)15-3-2-4-18(11-15)35-13-16-14-36-21-19(24(32)26-7-10-30)12-27-22(25)20(16)21/h2-4,11-12,14,17,30H,5-10,13H2,1H3,(H2,25,27)(H,26,32)(H,28,31). The molecular weight excluding hydrogens is 518 g/mol. The highest BCUT2D eigenvalue weighted by Gasteiger charge is 2.26. The molecule has 1 aliphatic rings. The molecule has 2 aromatic heterocycles. The van der Waals surface area contributed by atoms with Crippen LogP contribution >= 0.6 is 11.3 Å². The van der Waals surface area contributed by atoms with E-state index in [9.17, 15) is 18.0 Å². The van der Waals surface area contributed by atoms with Gasteiger partial charge in [-0.3, -0.25) is 9.59 Å². The Kier molecular flexibility index (Phi) is 8.27. The first kappa shape index (κ1) is 26.8. The number of rotatable bonds is 9. The minimum absolute atomic E-state index is 0.105. The summed E-state index contributed by atoms with van der Waals surface area (Å²) in [6, 6.07) is 6.69. The minimum atomic E-state index is -3.22. The Balaban J connectivity index is 1.41. The largest absolute Gasteiger partial charge is 0.489 e. The maximum Gasteiger partial charge on any atom is 0.254 e. The molecule has 1 aliphatic heterocycles. The van der Waals surface area contributed by atoms with Crippen LogP contribution in [0, 0.1) is 0 Å². The number of nitrogens with two attached hydrogens (primary N) is 1. The van der Waals surface area contributed by atoms with Gasteiger partial charge in [0.15, 0.2) is 0 Å². The maximum absolute atomic E-state index is 12.8. The number of ether oxygens (including phenoxy) is 1. The van der Waals surface area contributed by atoms with Gasteiger partial charge in [-0.15, -0.1) is 11.3 Å². The van der Waals surface area contributed by atoms with Crippen LogP contribution in [0.25, 0.3) is 10.1 Å². The highest BCUT2D eigenvalue weighted by atomic mass is 32.2. The van der Waals surface area contributed by atoms with Crippen molar-refractivity contribution in [1.82, 2.24) is 19.9 Å². The summed E-state index contributed by atoms with van der Waals surface area (Å²) >= 11 is 1.35. The van der Waals surface area contributed by atoms with Gasteiger partial charge in [-0.2, -0.15) is 0 Å². The molecule has 3 heterocycles. The van der Waals surface area contributed by atoms with Crippen LogP contribution in [0.4, 0.5) is 5.82 Å². The van der Waals surface area contributed by atoms with E-state index in [1.165, 1.54) is 28.1 Å². The van der Waals surface area contributed by atoms with Crippen molar-refractivity contribution in [2.75, 3.05) is 38.2 Å². The summed E-state index contributed by atoms with van der Waals surface area (Å²) in [6.07, 6.45) is 3.71. The number of nitrogens with one attached hydrogen (secondary N) is 2. The summed E-state index contributed by atoms with van der Waals surface area (Å²) < 4.78 is 31.4. The van der Waals surface area contributed by atoms with E-state index < -0.39 is 10.0 Å². The second kappa shape index (κ2) is 11.4. The average molecular weight is 548 g/mol. The van der Waals surface area contributed by atoms with E-state index >= 15 is 0 Å². The van der Waals surface area contributed by atoms with Crippen molar-refractivity contribution in [3.63, 3.8) is 0 Å². The molecule has 4 rings (SSSR count). The lowest BCUT2D eigenvalue weighted by molar-refractivity contribution is 0.0921. The fraction of sp³-hybridized carbons (Fsp3) is 0.375. The molecule has 0 spiro atoms. The van der Waals surface area contributed by atoms with Crippen LogP contribution in [-0.2, 0) is 16.6 Å². The topological polar surface area (TPSA) is 164 Å². The highest BCUT2D eigenvalue weighted by molar-refractivity contribution is 7.88. The molecule has 1 fully saturated rings. The molecule has 3 aromatic rings. The summed E-state index contributed by atoms with van der Waals surface area (Å²) in [5, 5.41) is 17.0. The SMILES string of the molecule is CS(=O)(=O)N1CCC(NC(=O)c2cccc(OCc3csc4c(C(=O)NCCO)cnc(N)c34)c2)CC1. The number of hydrogen-bond donors (Lipinski definition) is 4. The number of pyridine rings is 1. The molecule has 0 radical (unpaired) electrons. The van der Waals surface area contributed by atoms with Gasteiger partial charge < -0.3 is 26.2 Å². The molecule has 0 atom stereocenters. The third kappa shape index (κ3) is 6.36. The Labute approximate surface area is 218 Å². The fourth-order valence-electron chi connectivity index (χ4n) is 4.15. The zero-order valence-electron chi connectivity index (χ0n) is 20.3. The van der Waals surface area contributed by atoms with Crippen molar-refractivity contribution < 1.29 is 27.9 Å². The lowest BCUT2D eigenvalue weighted by Gasteiger charge is -2.30. The van der Waals surface area contributed by atoms with E-state index in [0.29, 0.717) is 52.9 Å². The minimum Gasteiger partial charge on any atom is -0.489 e. The van der Waals surface area contributed by atoms with Gasteiger partial charge in [0.25, 0.3) is 11.8 Å². The van der Waals surface area contributed by atoms with Gasteiger partial charge in [-0.05, 0) is 36.4 Å². The molecule has 2 amide bonds. The zero-order valence-corrected chi connectivity index (χ0v) is 21.9. The maximum atomic E-state index is 12.8. The molecule has 5 N–H and O–H groups in total. The van der Waals surface area contributed by atoms with Crippen molar-refractivity contribution in [2.24, 2.45) is 0 Å². The number of piperidine rings is 1. The van der Waals surface area contributed by atoms with Crippen LogP contribution in [0.1, 0.15) is 39.1 Å². The zero-order chi connectivity index (χ0) is 26.6. The van der Waals surface area contributed by atoms with E-state index in [2.05, 4.69) is 15.6 Å². The number of nitrogens with zero attached hydrogens (tertiary/aromatic N) is 2. The number of carbonyl (C=O) groups is 2. The summed E-state index contributed by atoms with van der Waals surface area (Å²) in [7, 11) is -3.22. The van der Waals surface area contributed by atoms with Gasteiger partial charge in [0.2, 0.25) is 10.0 Å². The van der Waals surface area contributed by atoms with Crippen LogP contribution in [-0.4, -0.2) is 73.2 Å². The van der Waals surface area contributed by atoms with Gasteiger partial charge in [-0.1, -0.05) is 6.07 Å². The fourth-order valence-corrected chi connectivity index (χ4v) is 6.10. The van der Waals surface area contributed by atoms with Gasteiger partial charge in [-0.25, -0.2) is 17.7 Å². The number of hydrogen-bond acceptors (Lipinski definition) is 9. The quantitative estimate of drug-likeness (QED) is 0.312. The van der Waals surface area contributed by atoms with E-state index in [-0.39, 0.29) is 43.4 Å². The average Bonchev–Trinajstić information content (AvgIpc) is 3.31. The van der Waals surface area contributed by atoms with Crippen LogP contribution in [0.5, 0.6) is 5.75 Å². The van der Waals surface area contributed by atoms with Crippen molar-refractivity contribution in [3.8, 4) is 5.75 Å². The number of nitrogen functional groups attached to an aromatic ring is 1. The third-order valence-electron chi connectivity index (χ3n) is 6.09. The van der Waals surface area contributed by atoms with Gasteiger partial charge in [0.05, 0.1) is 23.1 Å². The van der Waals surface area contributed by atoms with Crippen LogP contribution in [0.3, 0.4) is 0 Å². The van der Waals surface area contributed by atoms with Crippen molar-refractivity contribution in [1.29, 1.82) is 0 Å². The van der Waals surface area contributed by atoms with E-state index in [1.54, 1.807) is 24.3 Å². The van der Waals surface area contributed by atoms with E-state index in [1.807, 2.05) is 5.38 Å². The van der Waals surface area contributed by atoms with E-state index in [0.717, 1.165) is 5.56 Å². The monoisotopic (exact) mass is 547 g/mol. The summed E-state index contributed by atoms with van der Waals surface area (Å²) in [5.41, 5.74) is 7.67. The second-order valence-electron chi connectivity index (χ2n) is 8.73. The van der Waals surface area contributed by atoms with Crippen molar-refractivity contribution in [2.45, 2.75) is 25.5 Å². The third-order valence-corrected chi connectivity index (χ3v) is 8.46. The van der Waals surface area contributed by atoms with Crippen LogP contribution in [0.2, 0.25) is 0 Å². The number of anilines is 1. The molecule has 0 aliphatic carbocycles. The molecule has 198 valence electrons. The number of aromatic nitrogens is 1. The Morgan fingerprint density at radius 2 is 2.03 bits per heavy atom. The van der Waals surface area contributed by atoms with Gasteiger partial charge in [0, 0.05) is 48.4 Å². The molecule has 0 saturated carbocycles. The van der Waals surface area contributed by atoms with Crippen molar-refractivity contribution in [3.05, 3.63) is 52.5 Å². The number of amides is 2. The normalized spacial score (nSPS) is 15.0. The predicted octanol–water partition coefficient (Wildman–Crippen LogP) is 1.33. The molecule has 0 unspecified atom stereocenters. The number of thiophene rings is 1. The molecule has 1 aromatic carbocycles. The number of aliphatic hydroxyl groups is 1. The van der Waals surface area contributed by atoms with Gasteiger partial charge in [0.1, 0.15) is 18.2 Å². The lowest BCUT2D eigenvalue weighted by atomic mass is 10.1. The number of carbonyl (C=O) groups excluding carboxylic acids is 2. The molecular formula is C24H29N5O6S2. The predicted molar refractivity (Wildman–Crippen MR) is 141 cm³/mol. The number of benzene rings is 1. The molecule has 0 bridgehead atoms. The Bertz CT molecular complexity index is 1400. The lowest BCUT2D eigenvalue weighted by Crippen LogP contribution is -2.46. The van der Waals surface area contributed by atoms with Crippen LogP contribution in [0.15, 0.2) is 35.8 Å². The number of fused-ring (bicyclic) bond motifs is 1. The molecule has 1 saturated heterocycles. The summed E-state index contributed by atoms with van der Waals surface area (Å²) in [6.45, 7) is 0.882. The Morgan fingerprint density at radius 3 is 2.73 bits per heavy atom. The van der Waals surface area contributed by atoms with Gasteiger partial charge >= 0.3 is 0 Å². The molecule has 37 heavy (non-hydrogen) atoms. The summed E-state index contributed by atoms with van der Waals surface area (Å²) in [4.78, 5) is 29.4. The Morgan fingerprint density at radius 1 is 1.27 bits per heavy atom. The second-order valence-corrected chi connectivity index (χ2v) is 11.6. The van der Waals surface area contributed by atoms with Crippen LogP contribution < -0.4 is 21.1 Å². The van der Waals surface area contributed by atoms with Crippen molar-refractivity contribution >= 4 is 49.1 Å². The van der Waals surface area contributed by atoms with E-state index in [4.69, 9.17) is 15.6 Å². The summed E-state index contributed by atoms with van der Waals surface area (Å²) in [5.74, 6) is 0.170. The molecule has 13 heteroatoms. The number of sulfonamides is 1. The smallest absolute Gasteiger partial charge is 0.254 e.